The Hall–Kier alpha value is -2.59. The van der Waals surface area contributed by atoms with E-state index >= 15 is 0 Å². The first kappa shape index (κ1) is 18.7. The van der Waals surface area contributed by atoms with Gasteiger partial charge in [-0.2, -0.15) is 0 Å². The summed E-state index contributed by atoms with van der Waals surface area (Å²) in [7, 11) is 0. The maximum atomic E-state index is 12.0. The minimum Gasteiger partial charge on any atom is -0.326 e. The largest absolute Gasteiger partial charge is 0.326 e. The second-order valence-corrected chi connectivity index (χ2v) is 7.10. The van der Waals surface area contributed by atoms with Crippen molar-refractivity contribution in [3.05, 3.63) is 65.2 Å². The molecule has 130 valence electrons. The standard InChI is InChI=1S/C20H21ClN2O2/c1-20(2,3)19(25)23-17-9-5-8-16(13-17)22-18(24)11-10-14-6-4-7-15(21)12-14/h4-13H,1-3H3,(H,22,24)(H,23,25)/b11-10+. The average molecular weight is 357 g/mol. The number of anilines is 2. The molecule has 0 atom stereocenters. The molecule has 0 spiro atoms. The van der Waals surface area contributed by atoms with Gasteiger partial charge in [-0.25, -0.2) is 0 Å². The molecule has 0 aliphatic carbocycles. The molecule has 2 aromatic carbocycles. The lowest BCUT2D eigenvalue weighted by molar-refractivity contribution is -0.123. The van der Waals surface area contributed by atoms with Crippen molar-refractivity contribution in [3.63, 3.8) is 0 Å². The molecule has 2 amide bonds. The SMILES string of the molecule is CC(C)(C)C(=O)Nc1cccc(NC(=O)/C=C/c2cccc(Cl)c2)c1. The van der Waals surface area contributed by atoms with E-state index in [0.717, 1.165) is 5.56 Å². The molecule has 0 saturated heterocycles. The van der Waals surface area contributed by atoms with Gasteiger partial charge < -0.3 is 10.6 Å². The molecule has 2 N–H and O–H groups in total. The van der Waals surface area contributed by atoms with Gasteiger partial charge in [0.05, 0.1) is 0 Å². The number of halogens is 1. The van der Waals surface area contributed by atoms with Crippen LogP contribution in [0.15, 0.2) is 54.6 Å². The normalized spacial score (nSPS) is 11.4. The summed E-state index contributed by atoms with van der Waals surface area (Å²) in [5, 5.41) is 6.22. The highest BCUT2D eigenvalue weighted by Crippen LogP contribution is 2.20. The van der Waals surface area contributed by atoms with Crippen LogP contribution < -0.4 is 10.6 Å². The van der Waals surface area contributed by atoms with Crippen LogP contribution in [0, 0.1) is 5.41 Å². The summed E-state index contributed by atoms with van der Waals surface area (Å²) in [5.41, 5.74) is 1.59. The van der Waals surface area contributed by atoms with Crippen LogP contribution in [0.2, 0.25) is 5.02 Å². The van der Waals surface area contributed by atoms with Crippen LogP contribution in [0.1, 0.15) is 26.3 Å². The monoisotopic (exact) mass is 356 g/mol. The third-order valence-electron chi connectivity index (χ3n) is 3.34. The van der Waals surface area contributed by atoms with Gasteiger partial charge >= 0.3 is 0 Å². The van der Waals surface area contributed by atoms with Crippen molar-refractivity contribution >= 4 is 40.9 Å². The molecule has 0 fully saturated rings. The Morgan fingerprint density at radius 3 is 2.24 bits per heavy atom. The van der Waals surface area contributed by atoms with E-state index in [4.69, 9.17) is 11.6 Å². The van der Waals surface area contributed by atoms with Gasteiger partial charge in [0.15, 0.2) is 0 Å². The smallest absolute Gasteiger partial charge is 0.248 e. The van der Waals surface area contributed by atoms with E-state index in [9.17, 15) is 9.59 Å². The Balaban J connectivity index is 2.01. The van der Waals surface area contributed by atoms with E-state index in [1.807, 2.05) is 32.9 Å². The number of carbonyl (C=O) groups is 2. The van der Waals surface area contributed by atoms with Gasteiger partial charge in [0, 0.05) is 27.9 Å². The quantitative estimate of drug-likeness (QED) is 0.759. The first-order valence-corrected chi connectivity index (χ1v) is 8.28. The van der Waals surface area contributed by atoms with Crippen molar-refractivity contribution in [1.29, 1.82) is 0 Å². The van der Waals surface area contributed by atoms with Crippen molar-refractivity contribution in [2.75, 3.05) is 10.6 Å². The predicted molar refractivity (Wildman–Crippen MR) is 104 cm³/mol. The molecule has 5 heteroatoms. The Morgan fingerprint density at radius 1 is 0.960 bits per heavy atom. The van der Waals surface area contributed by atoms with E-state index in [0.29, 0.717) is 16.4 Å². The second kappa shape index (κ2) is 7.99. The maximum Gasteiger partial charge on any atom is 0.248 e. The lowest BCUT2D eigenvalue weighted by Crippen LogP contribution is -2.27. The minimum absolute atomic E-state index is 0.0863. The Labute approximate surface area is 152 Å². The summed E-state index contributed by atoms with van der Waals surface area (Å²) in [6.07, 6.45) is 3.12. The average Bonchev–Trinajstić information content (AvgIpc) is 2.52. The van der Waals surface area contributed by atoms with Gasteiger partial charge in [-0.15, -0.1) is 0 Å². The highest BCUT2D eigenvalue weighted by Gasteiger charge is 2.21. The molecule has 0 saturated carbocycles. The van der Waals surface area contributed by atoms with E-state index in [1.54, 1.807) is 42.5 Å². The molecule has 0 heterocycles. The summed E-state index contributed by atoms with van der Waals surface area (Å²) in [5.74, 6) is -0.351. The van der Waals surface area contributed by atoms with Gasteiger partial charge in [-0.05, 0) is 42.0 Å². The van der Waals surface area contributed by atoms with Crippen molar-refractivity contribution in [2.45, 2.75) is 20.8 Å². The molecule has 0 bridgehead atoms. The summed E-state index contributed by atoms with van der Waals surface area (Å²) < 4.78 is 0. The number of hydrogen-bond donors (Lipinski definition) is 2. The van der Waals surface area contributed by atoms with Crippen LogP contribution in [-0.4, -0.2) is 11.8 Å². The lowest BCUT2D eigenvalue weighted by Gasteiger charge is -2.18. The Morgan fingerprint density at radius 2 is 1.60 bits per heavy atom. The van der Waals surface area contributed by atoms with Crippen molar-refractivity contribution < 1.29 is 9.59 Å². The fraction of sp³-hybridized carbons (Fsp3) is 0.200. The zero-order chi connectivity index (χ0) is 18.4. The fourth-order valence-corrected chi connectivity index (χ4v) is 2.16. The number of hydrogen-bond acceptors (Lipinski definition) is 2. The molecule has 0 aromatic heterocycles. The third kappa shape index (κ3) is 6.08. The number of carbonyl (C=O) groups excluding carboxylic acids is 2. The Kier molecular flexibility index (Phi) is 5.99. The van der Waals surface area contributed by atoms with Gasteiger partial charge in [-0.3, -0.25) is 9.59 Å². The van der Waals surface area contributed by atoms with Crippen LogP contribution in [0.3, 0.4) is 0 Å². The number of benzene rings is 2. The van der Waals surface area contributed by atoms with E-state index in [1.165, 1.54) is 6.08 Å². The fourth-order valence-electron chi connectivity index (χ4n) is 1.96. The number of nitrogens with one attached hydrogen (secondary N) is 2. The topological polar surface area (TPSA) is 58.2 Å². The molecule has 0 aliphatic rings. The molecule has 2 rings (SSSR count). The Bertz CT molecular complexity index is 807. The predicted octanol–water partition coefficient (Wildman–Crippen LogP) is 4.98. The second-order valence-electron chi connectivity index (χ2n) is 6.66. The van der Waals surface area contributed by atoms with E-state index in [2.05, 4.69) is 10.6 Å². The zero-order valence-corrected chi connectivity index (χ0v) is 15.2. The van der Waals surface area contributed by atoms with Crippen LogP contribution in [0.4, 0.5) is 11.4 Å². The zero-order valence-electron chi connectivity index (χ0n) is 14.5. The maximum absolute atomic E-state index is 12.0. The molecule has 2 aromatic rings. The summed E-state index contributed by atoms with van der Waals surface area (Å²) in [6.45, 7) is 5.53. The lowest BCUT2D eigenvalue weighted by atomic mass is 9.95. The van der Waals surface area contributed by atoms with Crippen LogP contribution in [0.25, 0.3) is 6.08 Å². The van der Waals surface area contributed by atoms with Gasteiger partial charge in [0.1, 0.15) is 0 Å². The van der Waals surface area contributed by atoms with Gasteiger partial charge in [-0.1, -0.05) is 50.6 Å². The highest BCUT2D eigenvalue weighted by molar-refractivity contribution is 6.30. The van der Waals surface area contributed by atoms with Crippen LogP contribution >= 0.6 is 11.6 Å². The molecule has 25 heavy (non-hydrogen) atoms. The molecule has 0 unspecified atom stereocenters. The van der Waals surface area contributed by atoms with E-state index in [-0.39, 0.29) is 11.8 Å². The molecule has 0 aliphatic heterocycles. The van der Waals surface area contributed by atoms with Crippen molar-refractivity contribution in [3.8, 4) is 0 Å². The first-order chi connectivity index (χ1) is 11.7. The van der Waals surface area contributed by atoms with Crippen LogP contribution in [-0.2, 0) is 9.59 Å². The summed E-state index contributed by atoms with van der Waals surface area (Å²) in [6, 6.07) is 14.3. The first-order valence-electron chi connectivity index (χ1n) is 7.90. The third-order valence-corrected chi connectivity index (χ3v) is 3.58. The van der Waals surface area contributed by atoms with Crippen molar-refractivity contribution in [1.82, 2.24) is 0 Å². The molecule has 0 radical (unpaired) electrons. The summed E-state index contributed by atoms with van der Waals surface area (Å²) in [4.78, 5) is 24.1. The highest BCUT2D eigenvalue weighted by atomic mass is 35.5. The summed E-state index contributed by atoms with van der Waals surface area (Å²) >= 11 is 5.91. The van der Waals surface area contributed by atoms with Crippen molar-refractivity contribution in [2.24, 2.45) is 5.41 Å². The van der Waals surface area contributed by atoms with Crippen LogP contribution in [0.5, 0.6) is 0 Å². The number of amides is 2. The van der Waals surface area contributed by atoms with E-state index < -0.39 is 5.41 Å². The minimum atomic E-state index is -0.487. The van der Waals surface area contributed by atoms with Gasteiger partial charge in [0.2, 0.25) is 11.8 Å². The molecule has 4 nitrogen and oxygen atoms in total. The number of rotatable bonds is 4. The molecular weight excluding hydrogens is 336 g/mol. The molecular formula is C20H21ClN2O2. The van der Waals surface area contributed by atoms with Gasteiger partial charge in [0.25, 0.3) is 0 Å².